The van der Waals surface area contributed by atoms with Gasteiger partial charge in [-0.3, -0.25) is 5.10 Å². The lowest BCUT2D eigenvalue weighted by atomic mass is 10.0. The van der Waals surface area contributed by atoms with Crippen molar-refractivity contribution in [2.45, 2.75) is 56.8 Å². The Hall–Kier alpha value is -0.920. The predicted molar refractivity (Wildman–Crippen MR) is 68.3 cm³/mol. The third-order valence-corrected chi connectivity index (χ3v) is 5.69. The summed E-state index contributed by atoms with van der Waals surface area (Å²) in [5, 5.41) is 6.51. The second-order valence-corrected chi connectivity index (χ2v) is 6.67. The Morgan fingerprint density at radius 2 is 2.06 bits per heavy atom. The number of sulfonamides is 1. The molecule has 1 fully saturated rings. The zero-order chi connectivity index (χ0) is 13.3. The van der Waals surface area contributed by atoms with E-state index in [2.05, 4.69) is 10.2 Å². The van der Waals surface area contributed by atoms with Crippen LogP contribution in [0.15, 0.2) is 11.2 Å². The van der Waals surface area contributed by atoms with Crippen molar-refractivity contribution < 1.29 is 8.42 Å². The molecule has 0 amide bonds. The Labute approximate surface area is 108 Å². The van der Waals surface area contributed by atoms with Crippen LogP contribution in [0.25, 0.3) is 0 Å². The molecule has 102 valence electrons. The van der Waals surface area contributed by atoms with E-state index in [4.69, 9.17) is 5.73 Å². The molecule has 2 heterocycles. The molecule has 3 N–H and O–H groups in total. The highest BCUT2D eigenvalue weighted by molar-refractivity contribution is 7.89. The van der Waals surface area contributed by atoms with E-state index in [9.17, 15) is 8.42 Å². The molecule has 0 saturated carbocycles. The highest BCUT2D eigenvalue weighted by Gasteiger charge is 2.37. The van der Waals surface area contributed by atoms with Crippen LogP contribution in [-0.2, 0) is 16.6 Å². The normalized spacial score (nSPS) is 26.4. The van der Waals surface area contributed by atoms with E-state index in [0.717, 1.165) is 19.3 Å². The molecule has 1 aromatic rings. The van der Waals surface area contributed by atoms with Crippen molar-refractivity contribution in [2.24, 2.45) is 5.73 Å². The molecule has 0 aliphatic carbocycles. The van der Waals surface area contributed by atoms with Gasteiger partial charge in [-0.1, -0.05) is 6.42 Å². The summed E-state index contributed by atoms with van der Waals surface area (Å²) in [5.74, 6) is 0. The first-order valence-corrected chi connectivity index (χ1v) is 7.68. The second kappa shape index (κ2) is 4.99. The van der Waals surface area contributed by atoms with Gasteiger partial charge in [-0.25, -0.2) is 8.42 Å². The summed E-state index contributed by atoms with van der Waals surface area (Å²) in [4.78, 5) is 0. The summed E-state index contributed by atoms with van der Waals surface area (Å²) in [5.41, 5.74) is 6.09. The van der Waals surface area contributed by atoms with Gasteiger partial charge in [-0.15, -0.1) is 0 Å². The fraction of sp³-hybridized carbons (Fsp3) is 0.727. The number of rotatable bonds is 3. The average molecular weight is 272 g/mol. The molecule has 0 radical (unpaired) electrons. The Bertz CT molecular complexity index is 501. The maximum atomic E-state index is 12.6. The summed E-state index contributed by atoms with van der Waals surface area (Å²) in [6, 6.07) is 0.0420. The Morgan fingerprint density at radius 3 is 2.61 bits per heavy atom. The molecule has 1 aliphatic rings. The largest absolute Gasteiger partial charge is 0.326 e. The molecule has 0 spiro atoms. The minimum atomic E-state index is -3.52. The van der Waals surface area contributed by atoms with Crippen LogP contribution in [0.2, 0.25) is 0 Å². The van der Waals surface area contributed by atoms with E-state index in [1.54, 1.807) is 4.31 Å². The zero-order valence-corrected chi connectivity index (χ0v) is 11.6. The maximum absolute atomic E-state index is 12.6. The molecule has 0 aromatic carbocycles. The van der Waals surface area contributed by atoms with Crippen LogP contribution in [0.1, 0.15) is 38.7 Å². The number of hydrogen-bond donors (Lipinski definition) is 2. The SMILES string of the molecule is C[C@@H]1CCC[C@H](C)N1S(=O)(=O)c1[nH]ncc1CN. The highest BCUT2D eigenvalue weighted by atomic mass is 32.2. The van der Waals surface area contributed by atoms with E-state index in [1.165, 1.54) is 6.20 Å². The van der Waals surface area contributed by atoms with Crippen molar-refractivity contribution in [1.29, 1.82) is 0 Å². The topological polar surface area (TPSA) is 92.1 Å². The summed E-state index contributed by atoms with van der Waals surface area (Å²) >= 11 is 0. The Balaban J connectivity index is 2.41. The highest BCUT2D eigenvalue weighted by Crippen LogP contribution is 2.29. The molecular formula is C11H20N4O2S. The van der Waals surface area contributed by atoms with Gasteiger partial charge in [0, 0.05) is 24.2 Å². The van der Waals surface area contributed by atoms with Gasteiger partial charge in [0.25, 0.3) is 10.0 Å². The zero-order valence-electron chi connectivity index (χ0n) is 10.8. The van der Waals surface area contributed by atoms with Gasteiger partial charge in [0.1, 0.15) is 0 Å². The van der Waals surface area contributed by atoms with Gasteiger partial charge in [-0.05, 0) is 26.7 Å². The summed E-state index contributed by atoms with van der Waals surface area (Å²) in [6.07, 6.45) is 4.35. The van der Waals surface area contributed by atoms with Crippen molar-refractivity contribution >= 4 is 10.0 Å². The summed E-state index contributed by atoms with van der Waals surface area (Å²) < 4.78 is 26.9. The van der Waals surface area contributed by atoms with Crippen LogP contribution >= 0.6 is 0 Å². The Morgan fingerprint density at radius 1 is 1.44 bits per heavy atom. The van der Waals surface area contributed by atoms with Gasteiger partial charge in [-0.2, -0.15) is 9.40 Å². The molecule has 0 unspecified atom stereocenters. The second-order valence-electron chi connectivity index (χ2n) is 4.89. The number of aromatic amines is 1. The number of hydrogen-bond acceptors (Lipinski definition) is 4. The molecule has 1 aromatic heterocycles. The fourth-order valence-corrected chi connectivity index (χ4v) is 4.65. The van der Waals surface area contributed by atoms with Crippen LogP contribution in [0, 0.1) is 0 Å². The van der Waals surface area contributed by atoms with E-state index in [0.29, 0.717) is 5.56 Å². The lowest BCUT2D eigenvalue weighted by Crippen LogP contribution is -2.47. The number of piperidine rings is 1. The fourth-order valence-electron chi connectivity index (χ4n) is 2.64. The number of H-pyrrole nitrogens is 1. The molecule has 6 nitrogen and oxygen atoms in total. The van der Waals surface area contributed by atoms with Gasteiger partial charge in [0.05, 0.1) is 6.20 Å². The van der Waals surface area contributed by atoms with Crippen LogP contribution in [0.4, 0.5) is 0 Å². The first-order chi connectivity index (χ1) is 8.48. The third kappa shape index (κ3) is 2.17. The van der Waals surface area contributed by atoms with Crippen molar-refractivity contribution in [3.8, 4) is 0 Å². The van der Waals surface area contributed by atoms with Crippen LogP contribution < -0.4 is 5.73 Å². The summed E-state index contributed by atoms with van der Waals surface area (Å²) in [6.45, 7) is 4.07. The summed E-state index contributed by atoms with van der Waals surface area (Å²) in [7, 11) is -3.52. The van der Waals surface area contributed by atoms with Crippen molar-refractivity contribution in [2.75, 3.05) is 0 Å². The Kier molecular flexibility index (Phi) is 3.74. The smallest absolute Gasteiger partial charge is 0.260 e. The van der Waals surface area contributed by atoms with Crippen LogP contribution in [0.5, 0.6) is 0 Å². The predicted octanol–water partition coefficient (Wildman–Crippen LogP) is 0.820. The number of nitrogens with two attached hydrogens (primary N) is 1. The molecule has 18 heavy (non-hydrogen) atoms. The lowest BCUT2D eigenvalue weighted by molar-refractivity contribution is 0.203. The molecule has 0 bridgehead atoms. The van der Waals surface area contributed by atoms with Gasteiger partial charge < -0.3 is 5.73 Å². The van der Waals surface area contributed by atoms with Gasteiger partial charge in [0.2, 0.25) is 0 Å². The third-order valence-electron chi connectivity index (χ3n) is 3.55. The van der Waals surface area contributed by atoms with E-state index < -0.39 is 10.0 Å². The molecule has 2 atom stereocenters. The first-order valence-electron chi connectivity index (χ1n) is 6.24. The van der Waals surface area contributed by atoms with Crippen LogP contribution in [-0.4, -0.2) is 35.0 Å². The van der Waals surface area contributed by atoms with E-state index in [1.807, 2.05) is 13.8 Å². The molecule has 7 heteroatoms. The van der Waals surface area contributed by atoms with Crippen molar-refractivity contribution in [1.82, 2.24) is 14.5 Å². The van der Waals surface area contributed by atoms with Crippen LogP contribution in [0.3, 0.4) is 0 Å². The van der Waals surface area contributed by atoms with Crippen molar-refractivity contribution in [3.05, 3.63) is 11.8 Å². The quantitative estimate of drug-likeness (QED) is 0.852. The number of nitrogens with one attached hydrogen (secondary N) is 1. The first kappa shape index (κ1) is 13.5. The molecular weight excluding hydrogens is 252 g/mol. The van der Waals surface area contributed by atoms with E-state index in [-0.39, 0.29) is 23.7 Å². The monoisotopic (exact) mass is 272 g/mol. The lowest BCUT2D eigenvalue weighted by Gasteiger charge is -2.37. The standard InChI is InChI=1S/C11H20N4O2S/c1-8-4-3-5-9(2)15(8)18(16,17)11-10(6-12)7-13-14-11/h7-9H,3-6,12H2,1-2H3,(H,13,14)/t8-,9+. The molecule has 1 aliphatic heterocycles. The maximum Gasteiger partial charge on any atom is 0.260 e. The minimum absolute atomic E-state index is 0.0210. The van der Waals surface area contributed by atoms with Gasteiger partial charge in [0.15, 0.2) is 5.03 Å². The van der Waals surface area contributed by atoms with Gasteiger partial charge >= 0.3 is 0 Å². The molecule has 1 saturated heterocycles. The average Bonchev–Trinajstić information content (AvgIpc) is 2.77. The van der Waals surface area contributed by atoms with Crippen molar-refractivity contribution in [3.63, 3.8) is 0 Å². The number of nitrogens with zero attached hydrogens (tertiary/aromatic N) is 2. The minimum Gasteiger partial charge on any atom is -0.326 e. The number of aromatic nitrogens is 2. The molecule has 2 rings (SSSR count). The van der Waals surface area contributed by atoms with E-state index >= 15 is 0 Å².